The van der Waals surface area contributed by atoms with Crippen molar-refractivity contribution in [1.29, 1.82) is 0 Å². The first-order valence-electron chi connectivity index (χ1n) is 4.09. The number of halogens is 2. The van der Waals surface area contributed by atoms with Crippen molar-refractivity contribution in [3.63, 3.8) is 0 Å². The normalized spacial score (nSPS) is 19.3. The molecule has 2 rings (SSSR count). The maximum Gasteiger partial charge on any atom is 0.316 e. The Morgan fingerprint density at radius 3 is 2.57 bits per heavy atom. The van der Waals surface area contributed by atoms with E-state index in [1.807, 2.05) is 0 Å². The van der Waals surface area contributed by atoms with E-state index in [4.69, 9.17) is 4.74 Å². The van der Waals surface area contributed by atoms with E-state index in [2.05, 4.69) is 15.3 Å². The summed E-state index contributed by atoms with van der Waals surface area (Å²) in [6.45, 7) is 1.93. The zero-order valence-corrected chi connectivity index (χ0v) is 9.18. The summed E-state index contributed by atoms with van der Waals surface area (Å²) >= 11 is 0. The van der Waals surface area contributed by atoms with Gasteiger partial charge in [-0.2, -0.15) is 0 Å². The molecule has 0 radical (unpaired) electrons. The molecule has 14 heavy (non-hydrogen) atoms. The minimum Gasteiger partial charge on any atom is -0.459 e. The van der Waals surface area contributed by atoms with Crippen LogP contribution in [0.4, 0.5) is 0 Å². The number of nitrogens with zero attached hydrogens (tertiary/aromatic N) is 2. The quantitative estimate of drug-likeness (QED) is 0.836. The highest BCUT2D eigenvalue weighted by Gasteiger charge is 2.16. The Bertz CT molecular complexity index is 242. The van der Waals surface area contributed by atoms with Gasteiger partial charge in [-0.25, -0.2) is 9.97 Å². The van der Waals surface area contributed by atoms with Crippen LogP contribution in [0.1, 0.15) is 6.42 Å². The molecule has 4 nitrogen and oxygen atoms in total. The first-order valence-corrected chi connectivity index (χ1v) is 4.09. The molecule has 1 unspecified atom stereocenters. The van der Waals surface area contributed by atoms with Crippen molar-refractivity contribution < 1.29 is 4.74 Å². The van der Waals surface area contributed by atoms with E-state index in [0.29, 0.717) is 6.01 Å². The van der Waals surface area contributed by atoms with Crippen molar-refractivity contribution in [3.05, 3.63) is 18.5 Å². The summed E-state index contributed by atoms with van der Waals surface area (Å²) in [7, 11) is 0. The Hall–Kier alpha value is -0.580. The van der Waals surface area contributed by atoms with Crippen LogP contribution in [0.5, 0.6) is 6.01 Å². The lowest BCUT2D eigenvalue weighted by Gasteiger charge is -2.08. The van der Waals surface area contributed by atoms with E-state index >= 15 is 0 Å². The van der Waals surface area contributed by atoms with Gasteiger partial charge in [0.2, 0.25) is 0 Å². The number of ether oxygens (including phenoxy) is 1. The average molecular weight is 238 g/mol. The standard InChI is InChI=1S/C8H11N3O.2ClH/c1-3-10-8(11-4-1)12-7-2-5-9-6-7;;/h1,3-4,7,9H,2,5-6H2;2*1H. The van der Waals surface area contributed by atoms with E-state index in [0.717, 1.165) is 19.5 Å². The Balaban J connectivity index is 0.000000845. The summed E-state index contributed by atoms with van der Waals surface area (Å²) in [4.78, 5) is 7.96. The average Bonchev–Trinajstić information content (AvgIpc) is 2.59. The molecule has 0 bridgehead atoms. The molecule has 0 spiro atoms. The van der Waals surface area contributed by atoms with Gasteiger partial charge in [0.25, 0.3) is 0 Å². The molecule has 0 saturated carbocycles. The Morgan fingerprint density at radius 1 is 1.29 bits per heavy atom. The molecule has 1 saturated heterocycles. The molecule has 2 heterocycles. The summed E-state index contributed by atoms with van der Waals surface area (Å²) in [6, 6.07) is 2.26. The van der Waals surface area contributed by atoms with Crippen LogP contribution in [-0.2, 0) is 0 Å². The maximum atomic E-state index is 5.49. The fourth-order valence-electron chi connectivity index (χ4n) is 1.22. The van der Waals surface area contributed by atoms with E-state index in [1.54, 1.807) is 18.5 Å². The van der Waals surface area contributed by atoms with Crippen LogP contribution in [0, 0.1) is 0 Å². The zero-order valence-electron chi connectivity index (χ0n) is 7.55. The molecule has 6 heteroatoms. The van der Waals surface area contributed by atoms with Gasteiger partial charge in [0.15, 0.2) is 0 Å². The van der Waals surface area contributed by atoms with Gasteiger partial charge < -0.3 is 10.1 Å². The first kappa shape index (κ1) is 13.4. The predicted octanol–water partition coefficient (Wildman–Crippen LogP) is 1.06. The third-order valence-electron chi connectivity index (χ3n) is 1.83. The zero-order chi connectivity index (χ0) is 8.23. The second-order valence-electron chi connectivity index (χ2n) is 2.76. The first-order chi connectivity index (χ1) is 5.95. The fraction of sp³-hybridized carbons (Fsp3) is 0.500. The maximum absolute atomic E-state index is 5.49. The number of hydrogen-bond acceptors (Lipinski definition) is 4. The summed E-state index contributed by atoms with van der Waals surface area (Å²) in [5, 5.41) is 3.21. The molecule has 1 aromatic rings. The third kappa shape index (κ3) is 3.65. The second-order valence-corrected chi connectivity index (χ2v) is 2.76. The molecule has 0 aromatic carbocycles. The summed E-state index contributed by atoms with van der Waals surface area (Å²) in [5.74, 6) is 0. The second kappa shape index (κ2) is 6.81. The molecule has 1 aliphatic heterocycles. The van der Waals surface area contributed by atoms with Crippen LogP contribution in [0.15, 0.2) is 18.5 Å². The Labute approximate surface area is 95.3 Å². The lowest BCUT2D eigenvalue weighted by molar-refractivity contribution is 0.204. The molecule has 1 atom stereocenters. The topological polar surface area (TPSA) is 47.0 Å². The molecular formula is C8H13Cl2N3O. The highest BCUT2D eigenvalue weighted by Crippen LogP contribution is 2.07. The molecule has 0 aliphatic carbocycles. The van der Waals surface area contributed by atoms with Crippen molar-refractivity contribution in [2.24, 2.45) is 0 Å². The van der Waals surface area contributed by atoms with Crippen LogP contribution < -0.4 is 10.1 Å². The fourth-order valence-corrected chi connectivity index (χ4v) is 1.22. The molecule has 1 N–H and O–H groups in total. The van der Waals surface area contributed by atoms with E-state index < -0.39 is 0 Å². The summed E-state index contributed by atoms with van der Waals surface area (Å²) in [5.41, 5.74) is 0. The molecule has 1 aromatic heterocycles. The van der Waals surface area contributed by atoms with Gasteiger partial charge in [-0.05, 0) is 19.0 Å². The highest BCUT2D eigenvalue weighted by molar-refractivity contribution is 5.85. The third-order valence-corrected chi connectivity index (χ3v) is 1.83. The van der Waals surface area contributed by atoms with Crippen LogP contribution >= 0.6 is 24.8 Å². The van der Waals surface area contributed by atoms with Gasteiger partial charge in [0.05, 0.1) is 0 Å². The monoisotopic (exact) mass is 237 g/mol. The highest BCUT2D eigenvalue weighted by atomic mass is 35.5. The van der Waals surface area contributed by atoms with Gasteiger partial charge >= 0.3 is 6.01 Å². The van der Waals surface area contributed by atoms with Crippen molar-refractivity contribution in [1.82, 2.24) is 15.3 Å². The lowest BCUT2D eigenvalue weighted by Crippen LogP contribution is -2.20. The van der Waals surface area contributed by atoms with Crippen molar-refractivity contribution >= 4 is 24.8 Å². The van der Waals surface area contributed by atoms with Gasteiger partial charge in [-0.1, -0.05) is 0 Å². The molecule has 0 amide bonds. The number of rotatable bonds is 2. The minimum absolute atomic E-state index is 0. The predicted molar refractivity (Wildman–Crippen MR) is 58.4 cm³/mol. The SMILES string of the molecule is Cl.Cl.c1cnc(OC2CCNC2)nc1. The smallest absolute Gasteiger partial charge is 0.316 e. The summed E-state index contributed by atoms with van der Waals surface area (Å²) < 4.78 is 5.49. The number of hydrogen-bond donors (Lipinski definition) is 1. The molecule has 1 fully saturated rings. The lowest BCUT2D eigenvalue weighted by atomic mass is 10.3. The van der Waals surface area contributed by atoms with E-state index in [-0.39, 0.29) is 30.9 Å². The van der Waals surface area contributed by atoms with E-state index in [1.165, 1.54) is 0 Å². The largest absolute Gasteiger partial charge is 0.459 e. The molecule has 80 valence electrons. The van der Waals surface area contributed by atoms with Crippen LogP contribution in [0.3, 0.4) is 0 Å². The van der Waals surface area contributed by atoms with Gasteiger partial charge in [-0.3, -0.25) is 0 Å². The van der Waals surface area contributed by atoms with Crippen molar-refractivity contribution in [2.45, 2.75) is 12.5 Å². The summed E-state index contributed by atoms with van der Waals surface area (Å²) in [6.07, 6.45) is 4.65. The Kier molecular flexibility index (Phi) is 6.53. The number of nitrogens with one attached hydrogen (secondary N) is 1. The Morgan fingerprint density at radius 2 is 2.00 bits per heavy atom. The van der Waals surface area contributed by atoms with Crippen molar-refractivity contribution in [2.75, 3.05) is 13.1 Å². The van der Waals surface area contributed by atoms with Crippen LogP contribution in [0.25, 0.3) is 0 Å². The molecular weight excluding hydrogens is 225 g/mol. The van der Waals surface area contributed by atoms with Crippen molar-refractivity contribution in [3.8, 4) is 6.01 Å². The van der Waals surface area contributed by atoms with Crippen LogP contribution in [0.2, 0.25) is 0 Å². The van der Waals surface area contributed by atoms with Gasteiger partial charge in [-0.15, -0.1) is 24.8 Å². The van der Waals surface area contributed by atoms with Gasteiger partial charge in [0, 0.05) is 18.9 Å². The molecule has 1 aliphatic rings. The minimum atomic E-state index is 0. The van der Waals surface area contributed by atoms with Gasteiger partial charge in [0.1, 0.15) is 6.10 Å². The van der Waals surface area contributed by atoms with Crippen LogP contribution in [-0.4, -0.2) is 29.2 Å². The number of aromatic nitrogens is 2. The van der Waals surface area contributed by atoms with E-state index in [9.17, 15) is 0 Å².